The number of hydrogen-bond acceptors (Lipinski definition) is 4. The van der Waals surface area contributed by atoms with Crippen LogP contribution in [0.1, 0.15) is 5.56 Å². The van der Waals surface area contributed by atoms with E-state index in [1.165, 1.54) is 11.0 Å². The normalized spacial score (nSPS) is 10.4. The van der Waals surface area contributed by atoms with Crippen molar-refractivity contribution in [2.75, 3.05) is 0 Å². The molecule has 1 aromatic heterocycles. The molecule has 14 heavy (non-hydrogen) atoms. The molecule has 0 radical (unpaired) electrons. The van der Waals surface area contributed by atoms with Gasteiger partial charge in [-0.15, -0.1) is 5.10 Å². The fourth-order valence-electron chi connectivity index (χ4n) is 1.19. The Hall–Kier alpha value is -1.46. The molecule has 0 saturated heterocycles. The van der Waals surface area contributed by atoms with E-state index in [0.29, 0.717) is 16.3 Å². The Morgan fingerprint density at radius 3 is 2.93 bits per heavy atom. The van der Waals surface area contributed by atoms with Crippen LogP contribution in [-0.4, -0.2) is 25.3 Å². The van der Waals surface area contributed by atoms with E-state index in [2.05, 4.69) is 15.5 Å². The first-order valence-electron chi connectivity index (χ1n) is 3.94. The van der Waals surface area contributed by atoms with Crippen molar-refractivity contribution in [1.82, 2.24) is 20.2 Å². The van der Waals surface area contributed by atoms with E-state index in [0.717, 1.165) is 0 Å². The van der Waals surface area contributed by atoms with Crippen molar-refractivity contribution in [3.05, 3.63) is 35.1 Å². The first kappa shape index (κ1) is 9.11. The third kappa shape index (κ3) is 1.47. The Kier molecular flexibility index (Phi) is 2.43. The molecule has 0 amide bonds. The van der Waals surface area contributed by atoms with Gasteiger partial charge in [-0.3, -0.25) is 0 Å². The van der Waals surface area contributed by atoms with Gasteiger partial charge in [-0.05, 0) is 22.6 Å². The molecule has 2 aromatic rings. The number of halogens is 1. The van der Waals surface area contributed by atoms with E-state index >= 15 is 0 Å². The molecular weight excluding hydrogens is 204 g/mol. The van der Waals surface area contributed by atoms with Crippen LogP contribution in [0.5, 0.6) is 0 Å². The van der Waals surface area contributed by atoms with Crippen LogP contribution in [0, 0.1) is 0 Å². The predicted octanol–water partition coefficient (Wildman–Crippen LogP) is 0.808. The summed E-state index contributed by atoms with van der Waals surface area (Å²) in [5, 5.41) is 20.4. The number of rotatable bonds is 2. The van der Waals surface area contributed by atoms with Gasteiger partial charge in [0.05, 0.1) is 12.3 Å². The van der Waals surface area contributed by atoms with Gasteiger partial charge in [-0.2, -0.15) is 0 Å². The number of hydrogen-bond donors (Lipinski definition) is 1. The topological polar surface area (TPSA) is 63.8 Å². The number of aliphatic hydroxyl groups excluding tert-OH is 1. The summed E-state index contributed by atoms with van der Waals surface area (Å²) in [5.74, 6) is 0. The lowest BCUT2D eigenvalue weighted by Gasteiger charge is -2.06. The second-order valence-corrected chi connectivity index (χ2v) is 3.06. The average Bonchev–Trinajstić information content (AvgIpc) is 2.70. The van der Waals surface area contributed by atoms with Crippen LogP contribution < -0.4 is 0 Å². The Morgan fingerprint density at radius 1 is 1.43 bits per heavy atom. The molecule has 6 heteroatoms. The molecule has 0 aliphatic rings. The zero-order chi connectivity index (χ0) is 9.97. The highest BCUT2D eigenvalue weighted by molar-refractivity contribution is 6.31. The molecule has 0 unspecified atom stereocenters. The van der Waals surface area contributed by atoms with Crippen molar-refractivity contribution in [3.63, 3.8) is 0 Å². The van der Waals surface area contributed by atoms with Crippen LogP contribution in [0.3, 0.4) is 0 Å². The SMILES string of the molecule is OCc1c(Cl)cccc1-n1cnnn1. The standard InChI is InChI=1S/C8H7ClN4O/c9-7-2-1-3-8(6(7)4-14)13-5-10-11-12-13/h1-3,5,14H,4H2. The van der Waals surface area contributed by atoms with E-state index in [1.807, 2.05) is 0 Å². The smallest absolute Gasteiger partial charge is 0.143 e. The van der Waals surface area contributed by atoms with E-state index in [-0.39, 0.29) is 6.61 Å². The van der Waals surface area contributed by atoms with Gasteiger partial charge in [-0.25, -0.2) is 4.68 Å². The number of tetrazole rings is 1. The summed E-state index contributed by atoms with van der Waals surface area (Å²) in [4.78, 5) is 0. The van der Waals surface area contributed by atoms with Crippen LogP contribution >= 0.6 is 11.6 Å². The molecule has 0 spiro atoms. The molecule has 1 heterocycles. The van der Waals surface area contributed by atoms with E-state index in [9.17, 15) is 0 Å². The van der Waals surface area contributed by atoms with Gasteiger partial charge in [0.1, 0.15) is 6.33 Å². The highest BCUT2D eigenvalue weighted by Gasteiger charge is 2.08. The van der Waals surface area contributed by atoms with Crippen molar-refractivity contribution in [2.24, 2.45) is 0 Å². The predicted molar refractivity (Wildman–Crippen MR) is 50.1 cm³/mol. The molecule has 5 nitrogen and oxygen atoms in total. The molecule has 0 atom stereocenters. The third-order valence-electron chi connectivity index (χ3n) is 1.85. The molecule has 1 aromatic carbocycles. The molecule has 0 aliphatic carbocycles. The monoisotopic (exact) mass is 210 g/mol. The lowest BCUT2D eigenvalue weighted by molar-refractivity contribution is 0.281. The lowest BCUT2D eigenvalue weighted by atomic mass is 10.2. The maximum atomic E-state index is 9.13. The van der Waals surface area contributed by atoms with Gasteiger partial charge in [0.25, 0.3) is 0 Å². The molecular formula is C8H7ClN4O. The zero-order valence-electron chi connectivity index (χ0n) is 7.13. The summed E-state index contributed by atoms with van der Waals surface area (Å²) < 4.78 is 1.46. The second-order valence-electron chi connectivity index (χ2n) is 2.65. The third-order valence-corrected chi connectivity index (χ3v) is 2.20. The van der Waals surface area contributed by atoms with Crippen molar-refractivity contribution in [2.45, 2.75) is 6.61 Å². The molecule has 0 bridgehead atoms. The van der Waals surface area contributed by atoms with Crippen LogP contribution in [0.4, 0.5) is 0 Å². The molecule has 0 saturated carbocycles. The van der Waals surface area contributed by atoms with Crippen LogP contribution in [-0.2, 0) is 6.61 Å². The highest BCUT2D eigenvalue weighted by Crippen LogP contribution is 2.22. The minimum atomic E-state index is -0.144. The number of nitrogens with zero attached hydrogens (tertiary/aromatic N) is 4. The van der Waals surface area contributed by atoms with Crippen LogP contribution in [0.15, 0.2) is 24.5 Å². The van der Waals surface area contributed by atoms with Gasteiger partial charge in [0, 0.05) is 10.6 Å². The van der Waals surface area contributed by atoms with Crippen LogP contribution in [0.2, 0.25) is 5.02 Å². The number of aliphatic hydroxyl groups is 1. The molecule has 0 aliphatic heterocycles. The summed E-state index contributed by atoms with van der Waals surface area (Å²) >= 11 is 5.90. The second kappa shape index (κ2) is 3.73. The largest absolute Gasteiger partial charge is 0.392 e. The van der Waals surface area contributed by atoms with Crippen LogP contribution in [0.25, 0.3) is 5.69 Å². The van der Waals surface area contributed by atoms with E-state index < -0.39 is 0 Å². The van der Waals surface area contributed by atoms with Crippen molar-refractivity contribution in [1.29, 1.82) is 0 Å². The van der Waals surface area contributed by atoms with Gasteiger partial charge < -0.3 is 5.11 Å². The van der Waals surface area contributed by atoms with Gasteiger partial charge in [-0.1, -0.05) is 17.7 Å². The molecule has 1 N–H and O–H groups in total. The zero-order valence-corrected chi connectivity index (χ0v) is 7.89. The van der Waals surface area contributed by atoms with Gasteiger partial charge >= 0.3 is 0 Å². The molecule has 2 rings (SSSR count). The van der Waals surface area contributed by atoms with Crippen molar-refractivity contribution >= 4 is 11.6 Å². The summed E-state index contributed by atoms with van der Waals surface area (Å²) in [6.45, 7) is -0.144. The van der Waals surface area contributed by atoms with Gasteiger partial charge in [0.2, 0.25) is 0 Å². The number of aromatic nitrogens is 4. The van der Waals surface area contributed by atoms with E-state index in [4.69, 9.17) is 16.7 Å². The average molecular weight is 211 g/mol. The highest BCUT2D eigenvalue weighted by atomic mass is 35.5. The first-order valence-corrected chi connectivity index (χ1v) is 4.32. The first-order chi connectivity index (χ1) is 6.83. The fourth-order valence-corrected chi connectivity index (χ4v) is 1.42. The van der Waals surface area contributed by atoms with Crippen molar-refractivity contribution < 1.29 is 5.11 Å². The quantitative estimate of drug-likeness (QED) is 0.797. The fraction of sp³-hybridized carbons (Fsp3) is 0.125. The Morgan fingerprint density at radius 2 is 2.29 bits per heavy atom. The van der Waals surface area contributed by atoms with E-state index in [1.54, 1.807) is 18.2 Å². The lowest BCUT2D eigenvalue weighted by Crippen LogP contribution is -2.01. The Balaban J connectivity index is 2.58. The summed E-state index contributed by atoms with van der Waals surface area (Å²) in [5.41, 5.74) is 1.30. The minimum Gasteiger partial charge on any atom is -0.392 e. The van der Waals surface area contributed by atoms with Gasteiger partial charge in [0.15, 0.2) is 0 Å². The summed E-state index contributed by atoms with van der Waals surface area (Å²) in [7, 11) is 0. The van der Waals surface area contributed by atoms with Crippen molar-refractivity contribution in [3.8, 4) is 5.69 Å². The Labute approximate surface area is 84.9 Å². The number of benzene rings is 1. The Bertz CT molecular complexity index is 429. The summed E-state index contributed by atoms with van der Waals surface area (Å²) in [6.07, 6.45) is 1.45. The maximum absolute atomic E-state index is 9.13. The maximum Gasteiger partial charge on any atom is 0.143 e. The minimum absolute atomic E-state index is 0.144. The molecule has 0 fully saturated rings. The summed E-state index contributed by atoms with van der Waals surface area (Å²) in [6, 6.07) is 5.27. The molecule has 72 valence electrons.